The van der Waals surface area contributed by atoms with Crippen molar-refractivity contribution in [2.75, 3.05) is 12.0 Å². The van der Waals surface area contributed by atoms with E-state index in [9.17, 15) is 0 Å². The lowest BCUT2D eigenvalue weighted by Gasteiger charge is -1.98. The van der Waals surface area contributed by atoms with Crippen molar-refractivity contribution in [2.45, 2.75) is 12.1 Å². The van der Waals surface area contributed by atoms with Crippen molar-refractivity contribution in [1.29, 1.82) is 0 Å². The second-order valence-electron chi connectivity index (χ2n) is 3.91. The molecule has 0 radical (unpaired) electrons. The molecule has 0 atom stereocenters. The molecule has 3 aromatic heterocycles. The number of hydrogen-bond acceptors (Lipinski definition) is 7. The molecular weight excluding hydrogens is 262 g/mol. The molecule has 0 unspecified atom stereocenters. The van der Waals surface area contributed by atoms with E-state index in [-0.39, 0.29) is 5.95 Å². The zero-order valence-corrected chi connectivity index (χ0v) is 11.2. The molecule has 0 bridgehead atoms. The van der Waals surface area contributed by atoms with E-state index >= 15 is 0 Å². The van der Waals surface area contributed by atoms with Crippen molar-refractivity contribution in [2.24, 2.45) is 0 Å². The number of aromatic nitrogens is 6. The first kappa shape index (κ1) is 11.8. The Morgan fingerprint density at radius 3 is 2.84 bits per heavy atom. The third-order valence-corrected chi connectivity index (χ3v) is 3.22. The minimum absolute atomic E-state index is 0.273. The van der Waals surface area contributed by atoms with E-state index in [1.165, 1.54) is 16.3 Å². The summed E-state index contributed by atoms with van der Waals surface area (Å²) < 4.78 is 1.43. The van der Waals surface area contributed by atoms with Gasteiger partial charge in [0, 0.05) is 18.0 Å². The highest BCUT2D eigenvalue weighted by molar-refractivity contribution is 7.98. The molecule has 0 saturated carbocycles. The van der Waals surface area contributed by atoms with Crippen molar-refractivity contribution in [3.63, 3.8) is 0 Å². The van der Waals surface area contributed by atoms with Gasteiger partial charge in [0.25, 0.3) is 5.78 Å². The predicted octanol–water partition coefficient (Wildman–Crippen LogP) is 1.19. The highest BCUT2D eigenvalue weighted by Crippen LogP contribution is 2.20. The summed E-state index contributed by atoms with van der Waals surface area (Å²) in [5.41, 5.74) is 7.75. The largest absolute Gasteiger partial charge is 0.368 e. The van der Waals surface area contributed by atoms with Crippen LogP contribution in [0.1, 0.15) is 5.56 Å². The maximum atomic E-state index is 5.84. The van der Waals surface area contributed by atoms with E-state index in [4.69, 9.17) is 5.73 Å². The van der Waals surface area contributed by atoms with Crippen LogP contribution in [0.25, 0.3) is 17.2 Å². The van der Waals surface area contributed by atoms with Crippen molar-refractivity contribution >= 4 is 23.5 Å². The van der Waals surface area contributed by atoms with E-state index in [0.29, 0.717) is 16.8 Å². The number of thioether (sulfide) groups is 1. The lowest BCUT2D eigenvalue weighted by Crippen LogP contribution is -2.04. The van der Waals surface area contributed by atoms with E-state index in [1.807, 2.05) is 19.2 Å². The molecule has 3 heterocycles. The van der Waals surface area contributed by atoms with Gasteiger partial charge in [-0.25, -0.2) is 0 Å². The van der Waals surface area contributed by atoms with E-state index in [1.54, 1.807) is 12.4 Å². The fourth-order valence-electron chi connectivity index (χ4n) is 1.69. The Labute approximate surface area is 113 Å². The number of fused-ring (bicyclic) bond motifs is 1. The summed E-state index contributed by atoms with van der Waals surface area (Å²) in [5, 5.41) is 4.90. The molecule has 0 saturated heterocycles. The Balaban J connectivity index is 2.22. The normalized spacial score (nSPS) is 11.1. The zero-order chi connectivity index (χ0) is 13.4. The summed E-state index contributed by atoms with van der Waals surface area (Å²) in [4.78, 5) is 16.9. The van der Waals surface area contributed by atoms with Gasteiger partial charge in [-0.15, -0.1) is 5.10 Å². The smallest absolute Gasteiger partial charge is 0.258 e. The van der Waals surface area contributed by atoms with Crippen LogP contribution in [0.3, 0.4) is 0 Å². The minimum Gasteiger partial charge on any atom is -0.368 e. The molecule has 96 valence electrons. The fourth-order valence-corrected chi connectivity index (χ4v) is 2.05. The Bertz CT molecular complexity index is 752. The maximum Gasteiger partial charge on any atom is 0.258 e. The molecule has 0 fully saturated rings. The van der Waals surface area contributed by atoms with Crippen LogP contribution < -0.4 is 5.73 Å². The standard InChI is InChI=1S/C11H11N7S/c1-6-3-4-13-5-7(6)8-14-10-16-11(19-2)15-9(12)18(10)17-8/h3-5H,1-2H3,(H2,12,14,15,16,17). The van der Waals surface area contributed by atoms with E-state index in [0.717, 1.165) is 11.1 Å². The molecule has 7 nitrogen and oxygen atoms in total. The highest BCUT2D eigenvalue weighted by Gasteiger charge is 2.13. The van der Waals surface area contributed by atoms with Crippen LogP contribution in [0, 0.1) is 6.92 Å². The SMILES string of the molecule is CSc1nc(N)n2nc(-c3cnccc3C)nc2n1. The van der Waals surface area contributed by atoms with Crippen LogP contribution in [0.2, 0.25) is 0 Å². The summed E-state index contributed by atoms with van der Waals surface area (Å²) in [7, 11) is 0. The Kier molecular flexibility index (Phi) is 2.79. The van der Waals surface area contributed by atoms with Crippen LogP contribution >= 0.6 is 11.8 Å². The number of pyridine rings is 1. The summed E-state index contributed by atoms with van der Waals surface area (Å²) in [6.45, 7) is 1.98. The zero-order valence-electron chi connectivity index (χ0n) is 10.4. The van der Waals surface area contributed by atoms with Crippen LogP contribution in [-0.4, -0.2) is 35.8 Å². The average molecular weight is 273 g/mol. The average Bonchev–Trinajstić information content (AvgIpc) is 2.83. The molecule has 2 N–H and O–H groups in total. The first-order chi connectivity index (χ1) is 9.19. The Hall–Kier alpha value is -2.22. The molecule has 0 aliphatic carbocycles. The quantitative estimate of drug-likeness (QED) is 0.701. The van der Waals surface area contributed by atoms with Crippen molar-refractivity contribution < 1.29 is 0 Å². The number of hydrogen-bond donors (Lipinski definition) is 1. The minimum atomic E-state index is 0.273. The van der Waals surface area contributed by atoms with Gasteiger partial charge in [0.05, 0.1) is 0 Å². The van der Waals surface area contributed by atoms with Gasteiger partial charge < -0.3 is 5.73 Å². The highest BCUT2D eigenvalue weighted by atomic mass is 32.2. The van der Waals surface area contributed by atoms with Crippen LogP contribution in [-0.2, 0) is 0 Å². The first-order valence-electron chi connectivity index (χ1n) is 5.54. The molecule has 0 spiro atoms. The number of nitrogens with zero attached hydrogens (tertiary/aromatic N) is 6. The first-order valence-corrected chi connectivity index (χ1v) is 6.77. The van der Waals surface area contributed by atoms with Crippen molar-refractivity contribution in [1.82, 2.24) is 29.5 Å². The lowest BCUT2D eigenvalue weighted by atomic mass is 10.1. The van der Waals surface area contributed by atoms with Gasteiger partial charge in [0.1, 0.15) is 0 Å². The van der Waals surface area contributed by atoms with Crippen LogP contribution in [0.4, 0.5) is 5.95 Å². The van der Waals surface area contributed by atoms with Crippen LogP contribution in [0.5, 0.6) is 0 Å². The van der Waals surface area contributed by atoms with Crippen LogP contribution in [0.15, 0.2) is 23.6 Å². The molecule has 0 aliphatic heterocycles. The monoisotopic (exact) mass is 273 g/mol. The number of anilines is 1. The second-order valence-corrected chi connectivity index (χ2v) is 4.68. The molecule has 3 aromatic rings. The van der Waals surface area contributed by atoms with Gasteiger partial charge in [-0.05, 0) is 24.8 Å². The Morgan fingerprint density at radius 2 is 2.11 bits per heavy atom. The summed E-state index contributed by atoms with van der Waals surface area (Å²) >= 11 is 1.41. The maximum absolute atomic E-state index is 5.84. The molecule has 0 aliphatic rings. The predicted molar refractivity (Wildman–Crippen MR) is 72.7 cm³/mol. The lowest BCUT2D eigenvalue weighted by molar-refractivity contribution is 0.851. The third kappa shape index (κ3) is 1.99. The fraction of sp³-hybridized carbons (Fsp3) is 0.182. The van der Waals surface area contributed by atoms with E-state index < -0.39 is 0 Å². The topological polar surface area (TPSA) is 94.9 Å². The van der Waals surface area contributed by atoms with Gasteiger partial charge in [0.2, 0.25) is 5.95 Å². The van der Waals surface area contributed by atoms with Crippen molar-refractivity contribution in [3.05, 3.63) is 24.0 Å². The van der Waals surface area contributed by atoms with Gasteiger partial charge in [0.15, 0.2) is 11.0 Å². The molecule has 19 heavy (non-hydrogen) atoms. The number of aryl methyl sites for hydroxylation is 1. The van der Waals surface area contributed by atoms with Gasteiger partial charge in [-0.1, -0.05) is 11.8 Å². The molecule has 0 amide bonds. The van der Waals surface area contributed by atoms with Gasteiger partial charge in [-0.3, -0.25) is 4.98 Å². The third-order valence-electron chi connectivity index (χ3n) is 2.68. The Morgan fingerprint density at radius 1 is 1.26 bits per heavy atom. The van der Waals surface area contributed by atoms with Gasteiger partial charge >= 0.3 is 0 Å². The van der Waals surface area contributed by atoms with Crippen molar-refractivity contribution in [3.8, 4) is 11.4 Å². The molecule has 0 aromatic carbocycles. The number of nitrogen functional groups attached to an aromatic ring is 1. The molecular formula is C11H11N7S. The van der Waals surface area contributed by atoms with E-state index in [2.05, 4.69) is 25.0 Å². The summed E-state index contributed by atoms with van der Waals surface area (Å²) in [6.07, 6.45) is 5.34. The number of rotatable bonds is 2. The molecule has 8 heteroatoms. The van der Waals surface area contributed by atoms with Gasteiger partial charge in [-0.2, -0.15) is 19.5 Å². The molecule has 3 rings (SSSR count). The summed E-state index contributed by atoms with van der Waals surface area (Å²) in [6, 6.07) is 1.91. The summed E-state index contributed by atoms with van der Waals surface area (Å²) in [5.74, 6) is 1.26. The second kappa shape index (κ2) is 4.47. The number of nitrogens with two attached hydrogens (primary N) is 1.